The van der Waals surface area contributed by atoms with Gasteiger partial charge in [-0.3, -0.25) is 19.9 Å². The van der Waals surface area contributed by atoms with Gasteiger partial charge in [0.05, 0.1) is 43.1 Å². The number of aromatic nitrogens is 5. The first-order valence-corrected chi connectivity index (χ1v) is 28.2. The van der Waals surface area contributed by atoms with E-state index >= 15 is 0 Å². The Labute approximate surface area is 509 Å². The molecule has 4 unspecified atom stereocenters. The Balaban J connectivity index is -0.000000824. The first-order valence-electron chi connectivity index (χ1n) is 19.9. The van der Waals surface area contributed by atoms with Gasteiger partial charge in [0.1, 0.15) is 5.69 Å². The molecule has 1 N–H and O–H groups in total. The van der Waals surface area contributed by atoms with Gasteiger partial charge in [0, 0.05) is 42.1 Å². The van der Waals surface area contributed by atoms with Gasteiger partial charge in [-0.05, 0) is 91.8 Å². The number of carboxylic acid groups (broad SMARTS) is 1. The van der Waals surface area contributed by atoms with Crippen molar-refractivity contribution in [1.29, 1.82) is 5.26 Å². The summed E-state index contributed by atoms with van der Waals surface area (Å²) in [5, 5.41) is 16.4. The standard InChI is InChI=1S/C10H10Cl3N3OS.C8H7BrCl3N.C8H7Cl4N.C8H8Cl3N.C8H9NO2.C2H4.CH4.BHNS/c1-7(18(2,17)16-6-14)8-3-4-9(15-5-8)10(11,12)13;2*1-5(9)6-2-3-7(13-4-6)8(10,11)12;1-2-6-3-4-7(12-5-6)8(9,10)11;1-2-6-3-4-7(8(10)11)9-5-6;1-2;;1-2-3/h3-5,7H,1-2H3;2*2-5H,1H3;3-5H,2H2,1H3;3-5H,2H2,1H3,(H,10,11);1-2H2;1H4;3H. The summed E-state index contributed by atoms with van der Waals surface area (Å²) in [4.78, 5) is 30.4. The fraction of sp³-hybridized carbons (Fsp3) is 0.356. The van der Waals surface area contributed by atoms with E-state index in [-0.39, 0.29) is 29.0 Å². The molecule has 28 heteroatoms. The molecule has 5 aromatic heterocycles. The van der Waals surface area contributed by atoms with Crippen LogP contribution in [0.1, 0.15) is 119 Å². The van der Waals surface area contributed by atoms with E-state index in [0.717, 1.165) is 35.1 Å². The van der Waals surface area contributed by atoms with Crippen molar-refractivity contribution in [2.45, 2.75) is 85.5 Å². The molecule has 0 fully saturated rings. The molecule has 0 bridgehead atoms. The van der Waals surface area contributed by atoms with E-state index in [2.05, 4.69) is 83.1 Å². The van der Waals surface area contributed by atoms with Crippen molar-refractivity contribution in [1.82, 2.24) is 24.9 Å². The number of nitriles is 1. The molecule has 1 radical (unpaired) electrons. The Morgan fingerprint density at radius 1 is 0.685 bits per heavy atom. The summed E-state index contributed by atoms with van der Waals surface area (Å²) >= 11 is 80.2. The van der Waals surface area contributed by atoms with Crippen LogP contribution >= 0.6 is 180 Å². The van der Waals surface area contributed by atoms with E-state index in [1.807, 2.05) is 39.8 Å². The van der Waals surface area contributed by atoms with Crippen molar-refractivity contribution in [3.63, 3.8) is 0 Å². The number of nitrogens with zero attached hydrogens (tertiary/aromatic N) is 8. The summed E-state index contributed by atoms with van der Waals surface area (Å²) in [7, 11) is 1.70. The average Bonchev–Trinajstić information content (AvgIpc) is 3.32. The average molecular weight is 1370 g/mol. The zero-order valence-corrected chi connectivity index (χ0v) is 51.9. The quantitative estimate of drug-likeness (QED) is 0.0530. The second-order valence-corrected chi connectivity index (χ2v) is 27.6. The fourth-order valence-corrected chi connectivity index (χ4v) is 7.11. The number of carboxylic acids is 1. The molecule has 11 nitrogen and oxygen atoms in total. The SMILES string of the molecule is C.C=C.CC(Br)c1ccc(C(Cl)(Cl)Cl)nc1.CC(Cl)c1ccc(C(Cl)(Cl)Cl)nc1.CC(c1ccc(C(Cl)(Cl)Cl)nc1)S(C)(=O)=NC#N.CCc1ccc(C(=O)O)nc1.CCc1ccc(C(Cl)(Cl)Cl)nc1.[B]=NS. The maximum atomic E-state index is 12.1. The molecule has 0 amide bonds. The number of pyridine rings is 5. The zero-order valence-electron chi connectivity index (χ0n) is 38.8. The van der Waals surface area contributed by atoms with Gasteiger partial charge in [-0.1, -0.05) is 207 Å². The molecule has 0 saturated carbocycles. The number of thiol groups is 1. The van der Waals surface area contributed by atoms with Crippen LogP contribution in [0.2, 0.25) is 0 Å². The zero-order chi connectivity index (χ0) is 56.3. The van der Waals surface area contributed by atoms with Crippen LogP contribution < -0.4 is 0 Å². The molecular formula is C45H50BBrCl13N8O3S2. The number of rotatable bonds is 7. The number of carbonyl (C=O) groups is 1. The van der Waals surface area contributed by atoms with E-state index < -0.39 is 36.1 Å². The van der Waals surface area contributed by atoms with Crippen LogP contribution in [-0.4, -0.2) is 54.1 Å². The van der Waals surface area contributed by atoms with Gasteiger partial charge in [-0.2, -0.15) is 5.26 Å². The van der Waals surface area contributed by atoms with Crippen LogP contribution in [0.25, 0.3) is 0 Å². The van der Waals surface area contributed by atoms with Gasteiger partial charge < -0.3 is 5.11 Å². The predicted molar refractivity (Wildman–Crippen MR) is 321 cm³/mol. The molecule has 0 aliphatic rings. The second kappa shape index (κ2) is 37.6. The summed E-state index contributed by atoms with van der Waals surface area (Å²) in [5.41, 5.74) is 6.49. The molecule has 4 atom stereocenters. The van der Waals surface area contributed by atoms with Crippen molar-refractivity contribution in [2.75, 3.05) is 6.26 Å². The molecule has 0 saturated heterocycles. The predicted octanol–water partition coefficient (Wildman–Crippen LogP) is 18.6. The van der Waals surface area contributed by atoms with E-state index in [0.29, 0.717) is 22.6 Å². The van der Waals surface area contributed by atoms with Crippen LogP contribution in [0.5, 0.6) is 0 Å². The van der Waals surface area contributed by atoms with Gasteiger partial charge in [0.25, 0.3) is 0 Å². The molecule has 0 aliphatic heterocycles. The summed E-state index contributed by atoms with van der Waals surface area (Å²) < 4.78 is 12.3. The molecule has 401 valence electrons. The van der Waals surface area contributed by atoms with E-state index in [1.54, 1.807) is 80.4 Å². The maximum absolute atomic E-state index is 12.1. The minimum atomic E-state index is -2.64. The number of alkyl halides is 14. The number of halogens is 14. The third kappa shape index (κ3) is 31.8. The molecule has 0 aliphatic carbocycles. The molecular weight excluding hydrogens is 1320 g/mol. The first-order chi connectivity index (χ1) is 33.2. The third-order valence-electron chi connectivity index (χ3n) is 8.47. The summed E-state index contributed by atoms with van der Waals surface area (Å²) in [5.74, 6) is -0.979. The Hall–Kier alpha value is -1.14. The van der Waals surface area contributed by atoms with Crippen LogP contribution in [0.15, 0.2) is 113 Å². The summed E-state index contributed by atoms with van der Waals surface area (Å²) in [6.45, 7) is 15.6. The first kappa shape index (κ1) is 76.1. The van der Waals surface area contributed by atoms with E-state index in [4.69, 9.17) is 161 Å². The number of aryl methyl sites for hydroxylation is 2. The van der Waals surface area contributed by atoms with Gasteiger partial charge in [-0.25, -0.2) is 14.0 Å². The molecule has 5 heterocycles. The number of hydrogen-bond acceptors (Lipinski definition) is 11. The van der Waals surface area contributed by atoms with Crippen molar-refractivity contribution >= 4 is 203 Å². The molecule has 0 aromatic carbocycles. The number of hydrogen-bond donors (Lipinski definition) is 2. The van der Waals surface area contributed by atoms with Crippen LogP contribution in [0.4, 0.5) is 0 Å². The molecule has 5 rings (SSSR count). The fourth-order valence-electron chi connectivity index (χ4n) is 4.40. The number of aromatic carboxylic acids is 1. The van der Waals surface area contributed by atoms with Gasteiger partial charge in [0.2, 0.25) is 21.4 Å². The Kier molecular flexibility index (Phi) is 39.2. The summed E-state index contributed by atoms with van der Waals surface area (Å²) in [6.07, 6.45) is 12.9. The monoisotopic (exact) mass is 1360 g/mol. The topological polar surface area (TPSA) is 167 Å². The van der Waals surface area contributed by atoms with Gasteiger partial charge in [-0.15, -0.1) is 29.1 Å². The van der Waals surface area contributed by atoms with Crippen molar-refractivity contribution in [3.8, 4) is 6.19 Å². The normalized spacial score (nSPS) is 12.7. The molecule has 5 aromatic rings. The Bertz CT molecular complexity index is 2460. The minimum absolute atomic E-state index is 0. The van der Waals surface area contributed by atoms with Crippen LogP contribution in [0.3, 0.4) is 0 Å². The van der Waals surface area contributed by atoms with Gasteiger partial charge in [0.15, 0.2) is 0 Å². The van der Waals surface area contributed by atoms with Crippen LogP contribution in [0, 0.1) is 11.5 Å². The Morgan fingerprint density at radius 3 is 1.23 bits per heavy atom. The van der Waals surface area contributed by atoms with E-state index in [9.17, 15) is 9.00 Å². The van der Waals surface area contributed by atoms with Gasteiger partial charge >= 0.3 is 30.7 Å². The molecule has 0 spiro atoms. The Morgan fingerprint density at radius 2 is 1.00 bits per heavy atom. The van der Waals surface area contributed by atoms with E-state index in [1.165, 1.54) is 18.5 Å². The van der Waals surface area contributed by atoms with Crippen LogP contribution in [-0.2, 0) is 37.7 Å². The molecule has 73 heavy (non-hydrogen) atoms. The second-order valence-electron chi connectivity index (χ2n) is 13.6. The van der Waals surface area contributed by atoms with Crippen molar-refractivity contribution < 1.29 is 14.1 Å². The van der Waals surface area contributed by atoms with Crippen molar-refractivity contribution in [2.24, 2.45) is 8.66 Å². The summed E-state index contributed by atoms with van der Waals surface area (Å²) in [6, 6.07) is 17.2. The third-order valence-corrected chi connectivity index (χ3v) is 13.6. The van der Waals surface area contributed by atoms with Crippen molar-refractivity contribution in [3.05, 3.63) is 161 Å².